The highest BCUT2D eigenvalue weighted by Gasteiger charge is 2.53. The molecule has 5 atom stereocenters. The van der Waals surface area contributed by atoms with E-state index in [-0.39, 0.29) is 5.91 Å². The fourth-order valence-electron chi connectivity index (χ4n) is 5.33. The van der Waals surface area contributed by atoms with E-state index in [0.717, 1.165) is 36.4 Å². The van der Waals surface area contributed by atoms with Crippen molar-refractivity contribution in [3.05, 3.63) is 30.1 Å². The monoisotopic (exact) mass is 326 g/mol. The Labute approximate surface area is 143 Å². The Balaban J connectivity index is 1.28. The molecule has 5 heteroatoms. The van der Waals surface area contributed by atoms with Gasteiger partial charge in [0.25, 0.3) is 5.91 Å². The molecule has 1 amide bonds. The van der Waals surface area contributed by atoms with Gasteiger partial charge in [-0.1, -0.05) is 0 Å². The number of piperidine rings is 2. The Bertz CT molecular complexity index is 611. The summed E-state index contributed by atoms with van der Waals surface area (Å²) >= 11 is 0. The SMILES string of the molecule is O=C(c1ccncc1)N1C[C@@H]2CC[C@H](C1)N(CC1[C@H]3CNC[C@@H]13)C2. The predicted molar refractivity (Wildman–Crippen MR) is 91.6 cm³/mol. The smallest absolute Gasteiger partial charge is 0.254 e. The molecule has 128 valence electrons. The van der Waals surface area contributed by atoms with Crippen molar-refractivity contribution >= 4 is 5.91 Å². The second kappa shape index (κ2) is 5.81. The number of nitrogens with one attached hydrogen (secondary N) is 1. The van der Waals surface area contributed by atoms with Gasteiger partial charge in [-0.25, -0.2) is 0 Å². The number of aromatic nitrogens is 1. The highest BCUT2D eigenvalue weighted by Crippen LogP contribution is 2.49. The van der Waals surface area contributed by atoms with Crippen molar-refractivity contribution in [2.45, 2.75) is 18.9 Å². The number of carbonyl (C=O) groups is 1. The molecule has 4 aliphatic heterocycles. The lowest BCUT2D eigenvalue weighted by molar-refractivity contribution is 0.0735. The second-order valence-corrected chi connectivity index (χ2v) is 8.15. The molecule has 1 aromatic rings. The quantitative estimate of drug-likeness (QED) is 0.903. The van der Waals surface area contributed by atoms with E-state index >= 15 is 0 Å². The number of pyridine rings is 1. The van der Waals surface area contributed by atoms with Crippen molar-refractivity contribution in [3.8, 4) is 0 Å². The van der Waals surface area contributed by atoms with Crippen LogP contribution in [0.2, 0.25) is 0 Å². The van der Waals surface area contributed by atoms with Gasteiger partial charge in [0.15, 0.2) is 0 Å². The van der Waals surface area contributed by atoms with Crippen LogP contribution in [0.1, 0.15) is 23.2 Å². The minimum atomic E-state index is 0.184. The second-order valence-electron chi connectivity index (χ2n) is 8.15. The van der Waals surface area contributed by atoms with Gasteiger partial charge < -0.3 is 10.2 Å². The summed E-state index contributed by atoms with van der Waals surface area (Å²) in [6.07, 6.45) is 5.96. The molecule has 5 fully saturated rings. The van der Waals surface area contributed by atoms with E-state index in [1.807, 2.05) is 12.1 Å². The van der Waals surface area contributed by atoms with Gasteiger partial charge >= 0.3 is 0 Å². The molecule has 2 bridgehead atoms. The van der Waals surface area contributed by atoms with Crippen LogP contribution >= 0.6 is 0 Å². The summed E-state index contributed by atoms with van der Waals surface area (Å²) in [5.41, 5.74) is 0.778. The van der Waals surface area contributed by atoms with Gasteiger partial charge in [0.1, 0.15) is 0 Å². The zero-order chi connectivity index (χ0) is 16.1. The van der Waals surface area contributed by atoms with E-state index in [4.69, 9.17) is 0 Å². The molecule has 0 aromatic carbocycles. The number of rotatable bonds is 3. The molecule has 1 saturated carbocycles. The van der Waals surface area contributed by atoms with Gasteiger partial charge in [-0.3, -0.25) is 14.7 Å². The van der Waals surface area contributed by atoms with E-state index in [2.05, 4.69) is 20.1 Å². The van der Waals surface area contributed by atoms with Crippen LogP contribution < -0.4 is 5.32 Å². The fourth-order valence-corrected chi connectivity index (χ4v) is 5.33. The lowest BCUT2D eigenvalue weighted by atomic mass is 9.94. The van der Waals surface area contributed by atoms with E-state index in [1.165, 1.54) is 39.0 Å². The molecule has 1 N–H and O–H groups in total. The number of hydrogen-bond donors (Lipinski definition) is 1. The summed E-state index contributed by atoms with van der Waals surface area (Å²) < 4.78 is 0. The molecule has 0 radical (unpaired) electrons. The lowest BCUT2D eigenvalue weighted by Gasteiger charge is -2.36. The molecule has 5 heterocycles. The van der Waals surface area contributed by atoms with Crippen LogP contribution in [0.25, 0.3) is 0 Å². The first kappa shape index (κ1) is 14.8. The summed E-state index contributed by atoms with van der Waals surface area (Å²) in [6.45, 7) is 6.72. The van der Waals surface area contributed by atoms with Crippen molar-refractivity contribution in [2.24, 2.45) is 23.7 Å². The number of nitrogens with zero attached hydrogens (tertiary/aromatic N) is 3. The normalized spacial score (nSPS) is 38.0. The maximum Gasteiger partial charge on any atom is 0.254 e. The fraction of sp³-hybridized carbons (Fsp3) is 0.684. The van der Waals surface area contributed by atoms with Crippen molar-refractivity contribution < 1.29 is 4.79 Å². The summed E-state index contributed by atoms with van der Waals surface area (Å²) in [6, 6.07) is 4.24. The van der Waals surface area contributed by atoms with E-state index < -0.39 is 0 Å². The molecule has 1 aliphatic carbocycles. The topological polar surface area (TPSA) is 48.5 Å². The number of hydrogen-bond acceptors (Lipinski definition) is 4. The molecular formula is C19H26N4O. The van der Waals surface area contributed by atoms with Crippen LogP contribution in [0.4, 0.5) is 0 Å². The number of carbonyl (C=O) groups excluding carboxylic acids is 1. The first-order valence-electron chi connectivity index (χ1n) is 9.43. The first-order valence-corrected chi connectivity index (χ1v) is 9.43. The van der Waals surface area contributed by atoms with Crippen molar-refractivity contribution in [3.63, 3.8) is 0 Å². The van der Waals surface area contributed by atoms with Crippen molar-refractivity contribution in [1.82, 2.24) is 20.1 Å². The largest absolute Gasteiger partial charge is 0.337 e. The van der Waals surface area contributed by atoms with Crippen LogP contribution in [-0.2, 0) is 0 Å². The van der Waals surface area contributed by atoms with Crippen LogP contribution in [0, 0.1) is 23.7 Å². The number of fused-ring (bicyclic) bond motifs is 5. The van der Waals surface area contributed by atoms with Crippen molar-refractivity contribution in [1.29, 1.82) is 0 Å². The minimum absolute atomic E-state index is 0.184. The molecule has 4 saturated heterocycles. The average molecular weight is 326 g/mol. The highest BCUT2D eigenvalue weighted by molar-refractivity contribution is 5.94. The Morgan fingerprint density at radius 3 is 2.71 bits per heavy atom. The summed E-state index contributed by atoms with van der Waals surface area (Å²) in [4.78, 5) is 21.7. The zero-order valence-corrected chi connectivity index (χ0v) is 14.1. The van der Waals surface area contributed by atoms with Crippen molar-refractivity contribution in [2.75, 3.05) is 39.3 Å². The van der Waals surface area contributed by atoms with Crippen LogP contribution in [0.15, 0.2) is 24.5 Å². The number of amides is 1. The molecule has 5 aliphatic rings. The average Bonchev–Trinajstić information content (AvgIpc) is 3.17. The lowest BCUT2D eigenvalue weighted by Crippen LogP contribution is -2.45. The maximum atomic E-state index is 12.8. The zero-order valence-electron chi connectivity index (χ0n) is 14.1. The van der Waals surface area contributed by atoms with Gasteiger partial charge in [0.2, 0.25) is 0 Å². The molecule has 1 aromatic heterocycles. The Kier molecular flexibility index (Phi) is 3.60. The van der Waals surface area contributed by atoms with E-state index in [1.54, 1.807) is 12.4 Å². The molecule has 6 rings (SSSR count). The Morgan fingerprint density at radius 1 is 1.12 bits per heavy atom. The third-order valence-corrected chi connectivity index (χ3v) is 6.76. The van der Waals surface area contributed by atoms with Gasteiger partial charge in [-0.15, -0.1) is 0 Å². The molecule has 1 unspecified atom stereocenters. The van der Waals surface area contributed by atoms with Gasteiger partial charge in [-0.05, 0) is 61.7 Å². The first-order chi connectivity index (χ1) is 11.8. The van der Waals surface area contributed by atoms with Gasteiger partial charge in [0.05, 0.1) is 0 Å². The van der Waals surface area contributed by atoms with Crippen LogP contribution in [0.3, 0.4) is 0 Å². The minimum Gasteiger partial charge on any atom is -0.337 e. The van der Waals surface area contributed by atoms with E-state index in [9.17, 15) is 4.79 Å². The Morgan fingerprint density at radius 2 is 1.92 bits per heavy atom. The summed E-state index contributed by atoms with van der Waals surface area (Å²) in [5.74, 6) is 3.60. The highest BCUT2D eigenvalue weighted by atomic mass is 16.2. The maximum absolute atomic E-state index is 12.8. The Hall–Kier alpha value is -1.46. The molecular weight excluding hydrogens is 300 g/mol. The molecule has 5 nitrogen and oxygen atoms in total. The van der Waals surface area contributed by atoms with Gasteiger partial charge in [0, 0.05) is 50.2 Å². The third-order valence-electron chi connectivity index (χ3n) is 6.76. The predicted octanol–water partition coefficient (Wildman–Crippen LogP) is 1.08. The summed E-state index contributed by atoms with van der Waals surface area (Å²) in [5, 5.41) is 3.50. The van der Waals surface area contributed by atoms with Crippen LogP contribution in [-0.4, -0.2) is 66.0 Å². The van der Waals surface area contributed by atoms with E-state index in [0.29, 0.717) is 12.0 Å². The van der Waals surface area contributed by atoms with Crippen LogP contribution in [0.5, 0.6) is 0 Å². The third kappa shape index (κ3) is 2.54. The standard InChI is InChI=1S/C19H26N4O/c24-19(14-3-5-20-6-4-14)23-10-13-1-2-15(11-23)22(9-13)12-18-16-7-21-8-17(16)18/h3-6,13,15-18,21H,1-2,7-12H2/t13-,15-,16-,17+,18?/m1/s1. The van der Waals surface area contributed by atoms with Gasteiger partial charge in [-0.2, -0.15) is 0 Å². The molecule has 0 spiro atoms. The molecule has 24 heavy (non-hydrogen) atoms. The summed E-state index contributed by atoms with van der Waals surface area (Å²) in [7, 11) is 0.